The summed E-state index contributed by atoms with van der Waals surface area (Å²) >= 11 is 0. The summed E-state index contributed by atoms with van der Waals surface area (Å²) in [4.78, 5) is 22.6. The van der Waals surface area contributed by atoms with Crippen molar-refractivity contribution >= 4 is 0 Å². The Kier molecular flexibility index (Phi) is 7.57. The number of aromatic amines is 1. The minimum Gasteiger partial charge on any atom is -0.497 e. The molecule has 1 aliphatic carbocycles. The first kappa shape index (κ1) is 31.2. The first-order valence-corrected chi connectivity index (χ1v) is 16.2. The summed E-state index contributed by atoms with van der Waals surface area (Å²) in [6.45, 7) is 0.418. The van der Waals surface area contributed by atoms with E-state index in [9.17, 15) is 9.90 Å². The quantitative estimate of drug-likeness (QED) is 0.175. The molecule has 3 atom stereocenters. The smallest absolute Gasteiger partial charge is 0.255 e. The maximum absolute atomic E-state index is 14.5. The van der Waals surface area contributed by atoms with Gasteiger partial charge in [-0.15, -0.1) is 0 Å². The number of fused-ring (bicyclic) bond motifs is 5. The van der Waals surface area contributed by atoms with Crippen LogP contribution in [0.1, 0.15) is 39.4 Å². The van der Waals surface area contributed by atoms with Gasteiger partial charge in [-0.2, -0.15) is 0 Å². The minimum absolute atomic E-state index is 0.174. The molecule has 50 heavy (non-hydrogen) atoms. The molecule has 0 spiro atoms. The zero-order valence-corrected chi connectivity index (χ0v) is 27.7. The maximum atomic E-state index is 14.5. The Morgan fingerprint density at radius 3 is 2.10 bits per heavy atom. The Hall–Kier alpha value is -6.06. The zero-order valence-electron chi connectivity index (χ0n) is 27.7. The van der Waals surface area contributed by atoms with Gasteiger partial charge in [0.2, 0.25) is 0 Å². The molecule has 8 rings (SSSR count). The topological polar surface area (TPSA) is 112 Å². The number of ether oxygens (including phenoxy) is 5. The summed E-state index contributed by atoms with van der Waals surface area (Å²) < 4.78 is 30.0. The highest BCUT2D eigenvalue weighted by molar-refractivity contribution is 5.70. The van der Waals surface area contributed by atoms with Crippen molar-refractivity contribution in [3.8, 4) is 40.1 Å². The van der Waals surface area contributed by atoms with Crippen LogP contribution in [0, 0.1) is 0 Å². The van der Waals surface area contributed by atoms with Crippen LogP contribution in [-0.4, -0.2) is 36.4 Å². The van der Waals surface area contributed by atoms with E-state index in [1.54, 1.807) is 26.4 Å². The number of aliphatic hydroxyl groups is 1. The van der Waals surface area contributed by atoms with Crippen molar-refractivity contribution in [3.05, 3.63) is 165 Å². The molecule has 0 radical (unpaired) electrons. The third-order valence-corrected chi connectivity index (χ3v) is 9.69. The van der Waals surface area contributed by atoms with Gasteiger partial charge in [0.15, 0.2) is 11.2 Å². The van der Waals surface area contributed by atoms with Crippen molar-refractivity contribution in [2.75, 3.05) is 21.3 Å². The standard InChI is InChI=1S/C41H34N2O7/c1-46-29-20-16-28(17-21-29)41-35(26-12-8-5-9-13-26)34-37(40(41,45)36-32(48-3)22-31(47-2)23-33(36)50-41)42-38(43-39(34)44)27-14-18-30(19-15-27)49-24-25-10-6-4-7-11-25/h4-23,35,45H,24H2,1-3H3,(H,42,43,44)/t35-,40+,41+/m1/s1. The lowest BCUT2D eigenvalue weighted by molar-refractivity contribution is -0.0909. The molecule has 0 fully saturated rings. The lowest BCUT2D eigenvalue weighted by Gasteiger charge is -2.40. The number of nitrogens with one attached hydrogen (secondary N) is 1. The van der Waals surface area contributed by atoms with E-state index in [0.717, 1.165) is 11.1 Å². The van der Waals surface area contributed by atoms with Crippen molar-refractivity contribution in [1.82, 2.24) is 9.97 Å². The molecule has 0 unspecified atom stereocenters. The van der Waals surface area contributed by atoms with E-state index in [1.165, 1.54) is 7.11 Å². The molecule has 2 N–H and O–H groups in total. The van der Waals surface area contributed by atoms with Crippen LogP contribution in [0.3, 0.4) is 0 Å². The first-order chi connectivity index (χ1) is 24.4. The lowest BCUT2D eigenvalue weighted by Crippen LogP contribution is -2.49. The Morgan fingerprint density at radius 2 is 1.44 bits per heavy atom. The van der Waals surface area contributed by atoms with Crippen molar-refractivity contribution in [2.24, 2.45) is 0 Å². The molecule has 9 heteroatoms. The van der Waals surface area contributed by atoms with E-state index in [0.29, 0.717) is 57.6 Å². The highest BCUT2D eigenvalue weighted by atomic mass is 16.5. The van der Waals surface area contributed by atoms with Crippen LogP contribution < -0.4 is 29.2 Å². The predicted molar refractivity (Wildman–Crippen MR) is 187 cm³/mol. The zero-order chi connectivity index (χ0) is 34.5. The molecule has 1 aliphatic heterocycles. The molecule has 0 saturated heterocycles. The molecule has 0 bridgehead atoms. The average molecular weight is 667 g/mol. The summed E-state index contributed by atoms with van der Waals surface area (Å²) in [6, 6.07) is 37.5. The van der Waals surface area contributed by atoms with Crippen molar-refractivity contribution in [1.29, 1.82) is 0 Å². The predicted octanol–water partition coefficient (Wildman–Crippen LogP) is 6.71. The minimum atomic E-state index is -1.99. The van der Waals surface area contributed by atoms with Gasteiger partial charge in [0, 0.05) is 23.3 Å². The van der Waals surface area contributed by atoms with Crippen LogP contribution in [0.25, 0.3) is 11.4 Å². The fourth-order valence-electron chi connectivity index (χ4n) is 7.41. The first-order valence-electron chi connectivity index (χ1n) is 16.2. The van der Waals surface area contributed by atoms with Crippen LogP contribution in [0.2, 0.25) is 0 Å². The van der Waals surface area contributed by atoms with Gasteiger partial charge in [0.25, 0.3) is 5.56 Å². The second kappa shape index (κ2) is 12.1. The average Bonchev–Trinajstić information content (AvgIpc) is 3.56. The largest absolute Gasteiger partial charge is 0.497 e. The number of benzene rings is 5. The molecular formula is C41H34N2O7. The number of hydrogen-bond donors (Lipinski definition) is 2. The van der Waals surface area contributed by atoms with Gasteiger partial charge < -0.3 is 33.8 Å². The molecule has 5 aromatic carbocycles. The van der Waals surface area contributed by atoms with Crippen LogP contribution in [-0.2, 0) is 17.8 Å². The third kappa shape index (κ3) is 4.65. The van der Waals surface area contributed by atoms with Gasteiger partial charge in [-0.1, -0.05) is 72.8 Å². The third-order valence-electron chi connectivity index (χ3n) is 9.69. The van der Waals surface area contributed by atoms with E-state index in [4.69, 9.17) is 28.7 Å². The molecule has 0 amide bonds. The lowest BCUT2D eigenvalue weighted by atomic mass is 9.70. The van der Waals surface area contributed by atoms with E-state index in [1.807, 2.05) is 109 Å². The van der Waals surface area contributed by atoms with E-state index in [2.05, 4.69) is 4.98 Å². The molecule has 9 nitrogen and oxygen atoms in total. The van der Waals surface area contributed by atoms with Crippen LogP contribution >= 0.6 is 0 Å². The van der Waals surface area contributed by atoms with Crippen molar-refractivity contribution in [3.63, 3.8) is 0 Å². The number of methoxy groups -OCH3 is 3. The van der Waals surface area contributed by atoms with Gasteiger partial charge >= 0.3 is 0 Å². The molecule has 250 valence electrons. The van der Waals surface area contributed by atoms with Gasteiger partial charge in [-0.25, -0.2) is 4.98 Å². The van der Waals surface area contributed by atoms with Gasteiger partial charge in [-0.3, -0.25) is 4.79 Å². The SMILES string of the molecule is COc1ccc([C@@]23Oc4cc(OC)cc(OC)c4[C@]2(O)c2nc(-c4ccc(OCc5ccccc5)cc4)[nH]c(=O)c2[C@H]3c2ccccc2)cc1. The summed E-state index contributed by atoms with van der Waals surface area (Å²) in [7, 11) is 4.67. The Labute approximate surface area is 288 Å². The van der Waals surface area contributed by atoms with Crippen molar-refractivity contribution < 1.29 is 28.8 Å². The molecule has 6 aromatic rings. The Morgan fingerprint density at radius 1 is 0.780 bits per heavy atom. The monoisotopic (exact) mass is 666 g/mol. The summed E-state index contributed by atoms with van der Waals surface area (Å²) in [5.74, 6) is 1.97. The highest BCUT2D eigenvalue weighted by Crippen LogP contribution is 2.69. The van der Waals surface area contributed by atoms with Gasteiger partial charge in [0.05, 0.1) is 44.1 Å². The molecular weight excluding hydrogens is 632 g/mol. The fraction of sp³-hybridized carbons (Fsp3) is 0.171. The maximum Gasteiger partial charge on any atom is 0.255 e. The van der Waals surface area contributed by atoms with E-state index < -0.39 is 22.7 Å². The summed E-state index contributed by atoms with van der Waals surface area (Å²) in [5, 5.41) is 13.6. The fourth-order valence-corrected chi connectivity index (χ4v) is 7.41. The molecule has 2 heterocycles. The van der Waals surface area contributed by atoms with E-state index in [-0.39, 0.29) is 11.5 Å². The van der Waals surface area contributed by atoms with Crippen LogP contribution in [0.5, 0.6) is 28.7 Å². The summed E-state index contributed by atoms with van der Waals surface area (Å²) in [6.07, 6.45) is 0. The number of rotatable bonds is 9. The second-order valence-electron chi connectivity index (χ2n) is 12.3. The van der Waals surface area contributed by atoms with Gasteiger partial charge in [-0.05, 0) is 47.5 Å². The second-order valence-corrected chi connectivity index (χ2v) is 12.3. The molecule has 0 saturated carbocycles. The van der Waals surface area contributed by atoms with Crippen LogP contribution in [0.4, 0.5) is 0 Å². The number of aromatic nitrogens is 2. The highest BCUT2D eigenvalue weighted by Gasteiger charge is 2.73. The van der Waals surface area contributed by atoms with E-state index >= 15 is 0 Å². The molecule has 1 aromatic heterocycles. The number of nitrogens with zero attached hydrogens (tertiary/aromatic N) is 1. The van der Waals surface area contributed by atoms with Crippen molar-refractivity contribution in [2.45, 2.75) is 23.7 Å². The van der Waals surface area contributed by atoms with Gasteiger partial charge in [0.1, 0.15) is 41.2 Å². The number of H-pyrrole nitrogens is 1. The number of hydrogen-bond acceptors (Lipinski definition) is 8. The summed E-state index contributed by atoms with van der Waals surface area (Å²) in [5.41, 5.74) is -0.0803. The van der Waals surface area contributed by atoms with Crippen LogP contribution in [0.15, 0.2) is 126 Å². The Balaban J connectivity index is 1.34. The Bertz CT molecular complexity index is 2240. The molecule has 2 aliphatic rings. The normalized spacial score (nSPS) is 19.9.